The maximum Gasteiger partial charge on any atom is 0.0346 e. The molecule has 0 saturated heterocycles. The summed E-state index contributed by atoms with van der Waals surface area (Å²) in [5.74, 6) is 0. The molecule has 2 rings (SSSR count). The predicted octanol–water partition coefficient (Wildman–Crippen LogP) is 2.16. The Morgan fingerprint density at radius 2 is 2.06 bits per heavy atom. The van der Waals surface area contributed by atoms with Gasteiger partial charge in [0.15, 0.2) is 0 Å². The van der Waals surface area contributed by atoms with Gasteiger partial charge in [0.2, 0.25) is 0 Å². The number of rotatable bonds is 4. The Balaban J connectivity index is 0.00000144. The fourth-order valence-corrected chi connectivity index (χ4v) is 1.70. The molecule has 2 aromatic rings. The van der Waals surface area contributed by atoms with E-state index in [0.29, 0.717) is 6.67 Å². The van der Waals surface area contributed by atoms with Gasteiger partial charge < -0.3 is 10.2 Å². The van der Waals surface area contributed by atoms with Crippen molar-refractivity contribution in [3.63, 3.8) is 0 Å². The summed E-state index contributed by atoms with van der Waals surface area (Å²) in [6.45, 7) is 1.48. The van der Waals surface area contributed by atoms with E-state index in [1.165, 1.54) is 10.9 Å². The summed E-state index contributed by atoms with van der Waals surface area (Å²) in [4.78, 5) is 6.02. The van der Waals surface area contributed by atoms with E-state index in [9.17, 15) is 0 Å². The van der Waals surface area contributed by atoms with Gasteiger partial charge >= 0.3 is 0 Å². The molecule has 0 spiro atoms. The van der Waals surface area contributed by atoms with Gasteiger partial charge in [-0.3, -0.25) is 19.1 Å². The van der Waals surface area contributed by atoms with E-state index in [2.05, 4.69) is 42.6 Å². The molecule has 1 N–H and O–H groups in total. The number of aromatic nitrogens is 1. The van der Waals surface area contributed by atoms with Crippen LogP contribution in [0.1, 0.15) is 5.56 Å². The van der Waals surface area contributed by atoms with Gasteiger partial charge in [0, 0.05) is 50.5 Å². The topological polar surface area (TPSA) is 28.2 Å². The fourth-order valence-electron chi connectivity index (χ4n) is 1.70. The predicted molar refractivity (Wildman–Crippen MR) is 66.0 cm³/mol. The quantitative estimate of drug-likeness (QED) is 0.693. The summed E-state index contributed by atoms with van der Waals surface area (Å²) in [6.07, 6.45) is 3.68. The number of fused-ring (bicyclic) bond motifs is 1. The number of hydrogen-bond acceptors (Lipinski definition) is 3. The van der Waals surface area contributed by atoms with Gasteiger partial charge in [-0.15, -0.1) is 0 Å². The SMILES string of the molecule is [CH2-]NCN([CH2-])Cc1ccc2cnccc2c1.[Y]. The second kappa shape index (κ2) is 7.17. The molecule has 1 heterocycles. The average molecular weight is 302 g/mol. The van der Waals surface area contributed by atoms with Crippen LogP contribution in [0.5, 0.6) is 0 Å². The van der Waals surface area contributed by atoms with Crippen LogP contribution in [-0.4, -0.2) is 16.6 Å². The van der Waals surface area contributed by atoms with Crippen molar-refractivity contribution in [2.75, 3.05) is 6.67 Å². The largest absolute Gasteiger partial charge is 0.463 e. The van der Waals surface area contributed by atoms with Crippen molar-refractivity contribution in [2.45, 2.75) is 6.54 Å². The summed E-state index contributed by atoms with van der Waals surface area (Å²) >= 11 is 0. The van der Waals surface area contributed by atoms with E-state index in [1.54, 1.807) is 0 Å². The van der Waals surface area contributed by atoms with Gasteiger partial charge in [0.05, 0.1) is 0 Å². The molecule has 1 aromatic heterocycles. The third kappa shape index (κ3) is 4.11. The van der Waals surface area contributed by atoms with Crippen LogP contribution in [0.3, 0.4) is 0 Å². The zero-order valence-corrected chi connectivity index (χ0v) is 12.6. The second-order valence-corrected chi connectivity index (χ2v) is 3.79. The summed E-state index contributed by atoms with van der Waals surface area (Å²) < 4.78 is 0. The van der Waals surface area contributed by atoms with Crippen LogP contribution >= 0.6 is 0 Å². The van der Waals surface area contributed by atoms with Crippen molar-refractivity contribution in [3.05, 3.63) is 56.3 Å². The minimum absolute atomic E-state index is 0. The third-order valence-electron chi connectivity index (χ3n) is 2.45. The van der Waals surface area contributed by atoms with Crippen LogP contribution in [0.15, 0.2) is 36.7 Å². The van der Waals surface area contributed by atoms with Crippen LogP contribution in [-0.2, 0) is 39.3 Å². The maximum atomic E-state index is 4.09. The standard InChI is InChI=1S/C13H15N3.Y/c1-14-10-16(2)9-11-3-4-13-8-15-6-5-12(13)7-11;/h3-8,14H,1-2,9-10H2;/q-2;. The molecular formula is C13H15N3Y-2. The van der Waals surface area contributed by atoms with Crippen LogP contribution in [0.25, 0.3) is 10.8 Å². The monoisotopic (exact) mass is 302 g/mol. The molecule has 0 bridgehead atoms. The molecule has 0 unspecified atom stereocenters. The normalized spacial score (nSPS) is 10.5. The molecule has 0 saturated carbocycles. The van der Waals surface area contributed by atoms with Gasteiger partial charge in [0.1, 0.15) is 0 Å². The van der Waals surface area contributed by atoms with Gasteiger partial charge in [0.25, 0.3) is 0 Å². The number of benzene rings is 1. The summed E-state index contributed by atoms with van der Waals surface area (Å²) in [7, 11) is 7.50. The molecule has 1 aromatic carbocycles. The Labute approximate surface area is 127 Å². The van der Waals surface area contributed by atoms with Crippen molar-refractivity contribution in [3.8, 4) is 0 Å². The minimum atomic E-state index is 0. The van der Waals surface area contributed by atoms with E-state index in [-0.39, 0.29) is 32.7 Å². The van der Waals surface area contributed by atoms with E-state index in [1.807, 2.05) is 23.4 Å². The summed E-state index contributed by atoms with van der Waals surface area (Å²) in [5, 5.41) is 5.20. The average Bonchev–Trinajstić information content (AvgIpc) is 2.29. The molecule has 4 heteroatoms. The van der Waals surface area contributed by atoms with Crippen LogP contribution in [0, 0.1) is 14.1 Å². The Kier molecular flexibility index (Phi) is 6.20. The molecule has 0 amide bonds. The van der Waals surface area contributed by atoms with Crippen molar-refractivity contribution < 1.29 is 32.7 Å². The Hall–Kier alpha value is -0.346. The van der Waals surface area contributed by atoms with E-state index in [4.69, 9.17) is 0 Å². The first-order valence-electron chi connectivity index (χ1n) is 5.17. The molecule has 0 fully saturated rings. The van der Waals surface area contributed by atoms with Crippen molar-refractivity contribution in [1.29, 1.82) is 0 Å². The molecule has 1 radical (unpaired) electrons. The van der Waals surface area contributed by atoms with Crippen LogP contribution < -0.4 is 5.32 Å². The van der Waals surface area contributed by atoms with Crippen LogP contribution in [0.4, 0.5) is 0 Å². The van der Waals surface area contributed by atoms with E-state index >= 15 is 0 Å². The fraction of sp³-hybridized carbons (Fsp3) is 0.154. The third-order valence-corrected chi connectivity index (χ3v) is 2.45. The van der Waals surface area contributed by atoms with E-state index in [0.717, 1.165) is 11.9 Å². The number of pyridine rings is 1. The molecule has 0 atom stereocenters. The van der Waals surface area contributed by atoms with Gasteiger partial charge in [-0.2, -0.15) is 0 Å². The van der Waals surface area contributed by atoms with Crippen LogP contribution in [0.2, 0.25) is 0 Å². The molecule has 17 heavy (non-hydrogen) atoms. The second-order valence-electron chi connectivity index (χ2n) is 3.79. The molecule has 3 nitrogen and oxygen atoms in total. The Morgan fingerprint density at radius 3 is 2.82 bits per heavy atom. The first kappa shape index (κ1) is 14.7. The summed E-state index contributed by atoms with van der Waals surface area (Å²) in [5.41, 5.74) is 1.24. The van der Waals surface area contributed by atoms with E-state index < -0.39 is 0 Å². The van der Waals surface area contributed by atoms with Gasteiger partial charge in [-0.1, -0.05) is 12.1 Å². The zero-order chi connectivity index (χ0) is 11.4. The van der Waals surface area contributed by atoms with Crippen molar-refractivity contribution in [2.24, 2.45) is 0 Å². The zero-order valence-electron chi connectivity index (χ0n) is 9.76. The molecule has 0 aliphatic rings. The summed E-state index contributed by atoms with van der Waals surface area (Å²) in [6, 6.07) is 8.37. The Morgan fingerprint density at radius 1 is 1.24 bits per heavy atom. The maximum absolute atomic E-state index is 4.09. The van der Waals surface area contributed by atoms with Gasteiger partial charge in [-0.05, 0) is 36.3 Å². The minimum Gasteiger partial charge on any atom is -0.463 e. The smallest absolute Gasteiger partial charge is 0.0346 e. The molecule has 0 aliphatic carbocycles. The molecule has 87 valence electrons. The van der Waals surface area contributed by atoms with Crippen molar-refractivity contribution >= 4 is 10.8 Å². The van der Waals surface area contributed by atoms with Crippen molar-refractivity contribution in [1.82, 2.24) is 15.2 Å². The number of hydrogen-bond donors (Lipinski definition) is 1. The first-order chi connectivity index (χ1) is 7.79. The van der Waals surface area contributed by atoms with Gasteiger partial charge in [-0.25, -0.2) is 0 Å². The molecule has 0 aliphatic heterocycles. The molecular weight excluding hydrogens is 287 g/mol. The number of nitrogens with zero attached hydrogens (tertiary/aromatic N) is 2. The Bertz CT molecular complexity index is 473. The first-order valence-corrected chi connectivity index (χ1v) is 5.17. The number of nitrogens with one attached hydrogen (secondary N) is 1.